The highest BCUT2D eigenvalue weighted by Crippen LogP contribution is 2.16. The van der Waals surface area contributed by atoms with E-state index in [1.54, 1.807) is 12.1 Å². The van der Waals surface area contributed by atoms with E-state index < -0.39 is 5.97 Å². The number of ether oxygens (including phenoxy) is 2. The van der Waals surface area contributed by atoms with Gasteiger partial charge in [0.1, 0.15) is 12.4 Å². The van der Waals surface area contributed by atoms with Crippen LogP contribution in [0.25, 0.3) is 6.08 Å². The number of carbonyl (C=O) groups is 1. The largest absolute Gasteiger partial charge is 0.489 e. The number of carboxylic acids is 1. The molecule has 0 fully saturated rings. The van der Waals surface area contributed by atoms with Crippen molar-refractivity contribution in [2.45, 2.75) is 20.0 Å². The van der Waals surface area contributed by atoms with Crippen LogP contribution < -0.4 is 4.74 Å². The fourth-order valence-electron chi connectivity index (χ4n) is 1.93. The summed E-state index contributed by atoms with van der Waals surface area (Å²) in [6, 6.07) is 17.1. The molecule has 0 aliphatic carbocycles. The van der Waals surface area contributed by atoms with Gasteiger partial charge in [-0.15, -0.1) is 0 Å². The standard InChI is InChI=1S/C19H20O4/c1-2-12-22-18(19(20)21)13-15-8-10-17(11-9-15)23-14-16-6-4-3-5-7-16/h3-11,13H,2,12,14H2,1H3,(H,20,21)/b18-13-. The van der Waals surface area contributed by atoms with Gasteiger partial charge in [-0.1, -0.05) is 49.4 Å². The zero-order valence-corrected chi connectivity index (χ0v) is 13.1. The van der Waals surface area contributed by atoms with Crippen LogP contribution in [0.5, 0.6) is 5.75 Å². The average Bonchev–Trinajstić information content (AvgIpc) is 2.58. The lowest BCUT2D eigenvalue weighted by Crippen LogP contribution is -2.05. The molecule has 0 aliphatic rings. The van der Waals surface area contributed by atoms with E-state index in [1.165, 1.54) is 6.08 Å². The monoisotopic (exact) mass is 312 g/mol. The maximum Gasteiger partial charge on any atom is 0.371 e. The van der Waals surface area contributed by atoms with Gasteiger partial charge in [-0.2, -0.15) is 0 Å². The van der Waals surface area contributed by atoms with Crippen LogP contribution in [0.1, 0.15) is 24.5 Å². The van der Waals surface area contributed by atoms with Crippen LogP contribution in [0.2, 0.25) is 0 Å². The number of carboxylic acid groups (broad SMARTS) is 1. The summed E-state index contributed by atoms with van der Waals surface area (Å²) in [4.78, 5) is 11.1. The normalized spacial score (nSPS) is 11.1. The smallest absolute Gasteiger partial charge is 0.371 e. The fraction of sp³-hybridized carbons (Fsp3) is 0.211. The maximum absolute atomic E-state index is 11.1. The van der Waals surface area contributed by atoms with Crippen molar-refractivity contribution in [1.29, 1.82) is 0 Å². The molecule has 0 unspecified atom stereocenters. The summed E-state index contributed by atoms with van der Waals surface area (Å²) in [6.45, 7) is 2.81. The highest BCUT2D eigenvalue weighted by atomic mass is 16.5. The summed E-state index contributed by atoms with van der Waals surface area (Å²) < 4.78 is 10.9. The molecule has 4 heteroatoms. The van der Waals surface area contributed by atoms with Crippen molar-refractivity contribution >= 4 is 12.0 Å². The Morgan fingerprint density at radius 3 is 2.39 bits per heavy atom. The number of benzene rings is 2. The van der Waals surface area contributed by atoms with E-state index in [2.05, 4.69) is 0 Å². The van der Waals surface area contributed by atoms with E-state index in [-0.39, 0.29) is 5.76 Å². The second-order valence-electron chi connectivity index (χ2n) is 5.01. The van der Waals surface area contributed by atoms with Crippen LogP contribution in [0.15, 0.2) is 60.4 Å². The topological polar surface area (TPSA) is 55.8 Å². The SMILES string of the molecule is CCCO/C(=C\c1ccc(OCc2ccccc2)cc1)C(=O)O. The van der Waals surface area contributed by atoms with Crippen molar-refractivity contribution in [3.8, 4) is 5.75 Å². The Morgan fingerprint density at radius 2 is 1.78 bits per heavy atom. The van der Waals surface area contributed by atoms with Crippen LogP contribution in [-0.4, -0.2) is 17.7 Å². The van der Waals surface area contributed by atoms with Crippen molar-refractivity contribution in [2.75, 3.05) is 6.61 Å². The highest BCUT2D eigenvalue weighted by Gasteiger charge is 2.08. The van der Waals surface area contributed by atoms with Crippen molar-refractivity contribution in [3.63, 3.8) is 0 Å². The van der Waals surface area contributed by atoms with Gasteiger partial charge in [0, 0.05) is 0 Å². The predicted octanol–water partition coefficient (Wildman–Crippen LogP) is 4.12. The molecular formula is C19H20O4. The molecule has 0 aromatic heterocycles. The van der Waals surface area contributed by atoms with E-state index in [1.807, 2.05) is 49.4 Å². The molecule has 2 aromatic rings. The zero-order chi connectivity index (χ0) is 16.5. The molecule has 0 radical (unpaired) electrons. The molecule has 0 amide bonds. The fourth-order valence-corrected chi connectivity index (χ4v) is 1.93. The third kappa shape index (κ3) is 5.51. The van der Waals surface area contributed by atoms with Gasteiger partial charge in [0.15, 0.2) is 0 Å². The van der Waals surface area contributed by atoms with Gasteiger partial charge < -0.3 is 14.6 Å². The lowest BCUT2D eigenvalue weighted by atomic mass is 10.2. The first-order valence-electron chi connectivity index (χ1n) is 7.53. The quantitative estimate of drug-likeness (QED) is 0.588. The molecule has 0 heterocycles. The Morgan fingerprint density at radius 1 is 1.09 bits per heavy atom. The minimum atomic E-state index is -1.07. The van der Waals surface area contributed by atoms with Gasteiger partial charge in [-0.25, -0.2) is 4.79 Å². The maximum atomic E-state index is 11.1. The molecule has 0 saturated carbocycles. The third-order valence-electron chi connectivity index (χ3n) is 3.10. The Labute approximate surface area is 136 Å². The Kier molecular flexibility index (Phi) is 6.24. The molecule has 23 heavy (non-hydrogen) atoms. The molecule has 0 aliphatic heterocycles. The summed E-state index contributed by atoms with van der Waals surface area (Å²) >= 11 is 0. The molecule has 0 spiro atoms. The van der Waals surface area contributed by atoms with Gasteiger partial charge in [0.05, 0.1) is 6.61 Å². The van der Waals surface area contributed by atoms with Gasteiger partial charge in [-0.05, 0) is 35.8 Å². The van der Waals surface area contributed by atoms with E-state index in [0.29, 0.717) is 13.2 Å². The summed E-state index contributed by atoms with van der Waals surface area (Å²) in [6.07, 6.45) is 2.27. The van der Waals surface area contributed by atoms with Gasteiger partial charge >= 0.3 is 5.97 Å². The Bertz CT molecular complexity index is 645. The van der Waals surface area contributed by atoms with E-state index in [0.717, 1.165) is 23.3 Å². The molecule has 2 aromatic carbocycles. The molecule has 0 atom stereocenters. The van der Waals surface area contributed by atoms with Crippen LogP contribution in [-0.2, 0) is 16.1 Å². The van der Waals surface area contributed by atoms with Crippen molar-refractivity contribution in [3.05, 3.63) is 71.5 Å². The zero-order valence-electron chi connectivity index (χ0n) is 13.1. The first kappa shape index (κ1) is 16.6. The number of hydrogen-bond acceptors (Lipinski definition) is 3. The van der Waals surface area contributed by atoms with E-state index in [4.69, 9.17) is 14.6 Å². The second-order valence-corrected chi connectivity index (χ2v) is 5.01. The first-order chi connectivity index (χ1) is 11.2. The van der Waals surface area contributed by atoms with Crippen LogP contribution >= 0.6 is 0 Å². The van der Waals surface area contributed by atoms with E-state index >= 15 is 0 Å². The first-order valence-corrected chi connectivity index (χ1v) is 7.53. The number of hydrogen-bond donors (Lipinski definition) is 1. The summed E-state index contributed by atoms with van der Waals surface area (Å²) in [5, 5.41) is 9.11. The van der Waals surface area contributed by atoms with Crippen LogP contribution in [0.3, 0.4) is 0 Å². The molecular weight excluding hydrogens is 292 g/mol. The highest BCUT2D eigenvalue weighted by molar-refractivity contribution is 5.89. The molecule has 0 bridgehead atoms. The lowest BCUT2D eigenvalue weighted by molar-refractivity contribution is -0.136. The second kappa shape index (κ2) is 8.63. The predicted molar refractivity (Wildman–Crippen MR) is 89.1 cm³/mol. The van der Waals surface area contributed by atoms with Crippen LogP contribution in [0, 0.1) is 0 Å². The number of aliphatic carboxylic acids is 1. The van der Waals surface area contributed by atoms with Crippen molar-refractivity contribution in [2.24, 2.45) is 0 Å². The number of rotatable bonds is 8. The lowest BCUT2D eigenvalue weighted by Gasteiger charge is -2.07. The molecule has 1 N–H and O–H groups in total. The molecule has 0 saturated heterocycles. The van der Waals surface area contributed by atoms with Gasteiger partial charge in [0.2, 0.25) is 5.76 Å². The van der Waals surface area contributed by atoms with Crippen molar-refractivity contribution < 1.29 is 19.4 Å². The average molecular weight is 312 g/mol. The summed E-state index contributed by atoms with van der Waals surface area (Å²) in [5.41, 5.74) is 1.85. The minimum absolute atomic E-state index is 0.0511. The van der Waals surface area contributed by atoms with Gasteiger partial charge in [-0.3, -0.25) is 0 Å². The van der Waals surface area contributed by atoms with Gasteiger partial charge in [0.25, 0.3) is 0 Å². The Balaban J connectivity index is 1.99. The molecule has 2 rings (SSSR count). The molecule has 4 nitrogen and oxygen atoms in total. The minimum Gasteiger partial charge on any atom is -0.489 e. The Hall–Kier alpha value is -2.75. The summed E-state index contributed by atoms with van der Waals surface area (Å²) in [5.74, 6) is -0.384. The third-order valence-corrected chi connectivity index (χ3v) is 3.10. The van der Waals surface area contributed by atoms with E-state index in [9.17, 15) is 4.79 Å². The summed E-state index contributed by atoms with van der Waals surface area (Å²) in [7, 11) is 0. The van der Waals surface area contributed by atoms with Crippen molar-refractivity contribution in [1.82, 2.24) is 0 Å². The molecule has 120 valence electrons. The van der Waals surface area contributed by atoms with Crippen LogP contribution in [0.4, 0.5) is 0 Å².